The number of nitrogens with one attached hydrogen (secondary N) is 3. The molecule has 1 amide bonds. The summed E-state index contributed by atoms with van der Waals surface area (Å²) in [6, 6.07) is 17.4. The third-order valence-corrected chi connectivity index (χ3v) is 9.44. The predicted octanol–water partition coefficient (Wildman–Crippen LogP) is 9.33. The van der Waals surface area contributed by atoms with Gasteiger partial charge in [-0.3, -0.25) is 4.79 Å². The lowest BCUT2D eigenvalue weighted by Crippen LogP contribution is -2.29. The van der Waals surface area contributed by atoms with E-state index in [1.165, 1.54) is 44.0 Å². The normalized spacial score (nSPS) is 13.6. The molecule has 2 aromatic carbocycles. The zero-order chi connectivity index (χ0) is 28.3. The van der Waals surface area contributed by atoms with Crippen molar-refractivity contribution >= 4 is 29.0 Å². The van der Waals surface area contributed by atoms with E-state index in [-0.39, 0.29) is 28.5 Å². The van der Waals surface area contributed by atoms with Crippen molar-refractivity contribution in [2.24, 2.45) is 15.6 Å². The van der Waals surface area contributed by atoms with E-state index in [1.807, 2.05) is 23.9 Å². The Morgan fingerprint density at radius 2 is 1.53 bits per heavy atom. The maximum Gasteiger partial charge on any atom is 0.261 e. The first-order chi connectivity index (χ1) is 17.7. The molecule has 1 atom stereocenters. The Morgan fingerprint density at radius 3 is 2.03 bits per heavy atom. The van der Waals surface area contributed by atoms with Crippen molar-refractivity contribution in [2.45, 2.75) is 77.1 Å². The Kier molecular flexibility index (Phi) is 9.31. The zero-order valence-electron chi connectivity index (χ0n) is 23.6. The Labute approximate surface area is 235 Å². The van der Waals surface area contributed by atoms with E-state index in [0.717, 1.165) is 4.88 Å². The molecule has 0 saturated heterocycles. The monoisotopic (exact) mass is 549 g/mol. The van der Waals surface area contributed by atoms with Gasteiger partial charge in [0.2, 0.25) is 0 Å². The van der Waals surface area contributed by atoms with E-state index >= 15 is 0 Å². The molecule has 8 heteroatoms. The quantitative estimate of drug-likeness (QED) is 0.183. The Balaban J connectivity index is 1.85. The summed E-state index contributed by atoms with van der Waals surface area (Å²) in [7, 11) is 0. The molecule has 0 aliphatic rings. The molecule has 6 nitrogen and oxygen atoms in total. The molecule has 1 heterocycles. The van der Waals surface area contributed by atoms with Crippen LogP contribution in [0.25, 0.3) is 11.1 Å². The largest absolute Gasteiger partial charge is 0.347 e. The first kappa shape index (κ1) is 29.7. The number of benzene rings is 2. The van der Waals surface area contributed by atoms with Crippen LogP contribution in [0.2, 0.25) is 0 Å². The summed E-state index contributed by atoms with van der Waals surface area (Å²) < 4.78 is 0. The van der Waals surface area contributed by atoms with Crippen LogP contribution in [0.4, 0.5) is 0 Å². The van der Waals surface area contributed by atoms with E-state index in [9.17, 15) is 4.79 Å². The van der Waals surface area contributed by atoms with Crippen LogP contribution < -0.4 is 5.32 Å². The standard InChI is InChI=1S/C30H39N5OS2/c1-18-15-22(16-19(2)26(18)20-9-11-21(12-10-20)29(3,4)5)37-27(30(6,7)8)23-13-14-24(38-23)28(36)33-17-25(34-31)35-32/h9-16,25,27,31-32H,17H2,1-8H3,(H,33,36). The molecule has 38 heavy (non-hydrogen) atoms. The molecule has 0 bridgehead atoms. The number of thioether (sulfide) groups is 1. The van der Waals surface area contributed by atoms with E-state index in [1.54, 1.807) is 0 Å². The van der Waals surface area contributed by atoms with Crippen LogP contribution in [0.5, 0.6) is 0 Å². The highest BCUT2D eigenvalue weighted by atomic mass is 32.2. The van der Waals surface area contributed by atoms with Crippen molar-refractivity contribution in [1.82, 2.24) is 5.32 Å². The number of nitrogens with zero attached hydrogens (tertiary/aromatic N) is 2. The highest BCUT2D eigenvalue weighted by molar-refractivity contribution is 7.99. The molecule has 3 N–H and O–H groups in total. The van der Waals surface area contributed by atoms with Crippen molar-refractivity contribution in [3.8, 4) is 11.1 Å². The van der Waals surface area contributed by atoms with Crippen LogP contribution in [0.15, 0.2) is 63.7 Å². The summed E-state index contributed by atoms with van der Waals surface area (Å²) in [5.41, 5.74) is 20.5. The second kappa shape index (κ2) is 11.9. The van der Waals surface area contributed by atoms with Gasteiger partial charge in [0.15, 0.2) is 6.17 Å². The van der Waals surface area contributed by atoms with Crippen LogP contribution >= 0.6 is 23.1 Å². The number of hydrogen-bond donors (Lipinski definition) is 3. The lowest BCUT2D eigenvalue weighted by molar-refractivity contribution is 0.0955. The SMILES string of the molecule is Cc1cc(SC(c2ccc(C(=O)NCC(N=N)N=N)s2)C(C)(C)C)cc(C)c1-c1ccc(C(C)(C)C)cc1. The lowest BCUT2D eigenvalue weighted by atomic mass is 9.85. The van der Waals surface area contributed by atoms with E-state index in [2.05, 4.69) is 107 Å². The molecule has 0 aliphatic carbocycles. The lowest BCUT2D eigenvalue weighted by Gasteiger charge is -2.30. The summed E-state index contributed by atoms with van der Waals surface area (Å²) >= 11 is 3.32. The van der Waals surface area contributed by atoms with Gasteiger partial charge in [-0.15, -0.1) is 23.1 Å². The van der Waals surface area contributed by atoms with Gasteiger partial charge in [-0.1, -0.05) is 65.8 Å². The Hall–Kier alpha value is -2.84. The van der Waals surface area contributed by atoms with Crippen molar-refractivity contribution in [2.75, 3.05) is 6.54 Å². The fourth-order valence-electron chi connectivity index (χ4n) is 4.39. The molecule has 0 radical (unpaired) electrons. The molecule has 1 aromatic heterocycles. The van der Waals surface area contributed by atoms with Crippen molar-refractivity contribution in [3.63, 3.8) is 0 Å². The Bertz CT molecular complexity index is 1270. The number of aryl methyl sites for hydroxylation is 2. The number of hydrogen-bond acceptors (Lipinski definition) is 7. The molecule has 3 rings (SSSR count). The van der Waals surface area contributed by atoms with Gasteiger partial charge in [-0.2, -0.15) is 10.2 Å². The maximum atomic E-state index is 12.6. The number of carbonyl (C=O) groups excluding carboxylic acids is 1. The van der Waals surface area contributed by atoms with Crippen LogP contribution in [0.3, 0.4) is 0 Å². The van der Waals surface area contributed by atoms with Gasteiger partial charge in [-0.05, 0) is 76.8 Å². The third-order valence-electron chi connectivity index (χ3n) is 6.44. The summed E-state index contributed by atoms with van der Waals surface area (Å²) in [4.78, 5) is 15.6. The average molecular weight is 550 g/mol. The minimum absolute atomic E-state index is 0.0359. The number of amides is 1. The van der Waals surface area contributed by atoms with Gasteiger partial charge in [0.1, 0.15) is 0 Å². The average Bonchev–Trinajstić information content (AvgIpc) is 3.31. The van der Waals surface area contributed by atoms with Crippen molar-refractivity contribution in [3.05, 3.63) is 75.0 Å². The summed E-state index contributed by atoms with van der Waals surface area (Å²) in [5, 5.41) is 9.32. The topological polar surface area (TPSA) is 102 Å². The minimum Gasteiger partial charge on any atom is -0.347 e. The van der Waals surface area contributed by atoms with Crippen LogP contribution in [0.1, 0.15) is 78.0 Å². The molecule has 3 aromatic rings. The minimum atomic E-state index is -0.873. The first-order valence-electron chi connectivity index (χ1n) is 12.7. The molecule has 1 unspecified atom stereocenters. The summed E-state index contributed by atoms with van der Waals surface area (Å²) in [6.07, 6.45) is -0.873. The molecular formula is C30H39N5OS2. The van der Waals surface area contributed by atoms with Gasteiger partial charge in [-0.25, -0.2) is 11.1 Å². The second-order valence-corrected chi connectivity index (χ2v) is 14.1. The first-order valence-corrected chi connectivity index (χ1v) is 14.4. The smallest absolute Gasteiger partial charge is 0.261 e. The van der Waals surface area contributed by atoms with Gasteiger partial charge in [0.05, 0.1) is 11.4 Å². The fraction of sp³-hybridized carbons (Fsp3) is 0.433. The molecule has 202 valence electrons. The molecule has 0 fully saturated rings. The van der Waals surface area contributed by atoms with Gasteiger partial charge < -0.3 is 5.32 Å². The number of rotatable bonds is 9. The predicted molar refractivity (Wildman–Crippen MR) is 159 cm³/mol. The molecule has 0 spiro atoms. The molecular weight excluding hydrogens is 510 g/mol. The van der Waals surface area contributed by atoms with Crippen molar-refractivity contribution in [1.29, 1.82) is 11.1 Å². The maximum absolute atomic E-state index is 12.6. The van der Waals surface area contributed by atoms with Gasteiger partial charge in [0.25, 0.3) is 5.91 Å². The van der Waals surface area contributed by atoms with Crippen LogP contribution in [-0.2, 0) is 5.41 Å². The second-order valence-electron chi connectivity index (χ2n) is 11.8. The van der Waals surface area contributed by atoms with Gasteiger partial charge in [0, 0.05) is 15.0 Å². The zero-order valence-corrected chi connectivity index (χ0v) is 25.2. The summed E-state index contributed by atoms with van der Waals surface area (Å²) in [6.45, 7) is 17.8. The number of carbonyl (C=O) groups is 1. The van der Waals surface area contributed by atoms with Crippen molar-refractivity contribution < 1.29 is 4.79 Å². The third kappa shape index (κ3) is 7.17. The van der Waals surface area contributed by atoms with Gasteiger partial charge >= 0.3 is 0 Å². The molecule has 0 saturated carbocycles. The van der Waals surface area contributed by atoms with E-state index < -0.39 is 6.17 Å². The van der Waals surface area contributed by atoms with E-state index in [4.69, 9.17) is 11.1 Å². The highest BCUT2D eigenvalue weighted by Crippen LogP contribution is 2.50. The van der Waals surface area contributed by atoms with Crippen LogP contribution in [-0.4, -0.2) is 18.6 Å². The fourth-order valence-corrected chi connectivity index (χ4v) is 7.14. The highest BCUT2D eigenvalue weighted by Gasteiger charge is 2.30. The summed E-state index contributed by atoms with van der Waals surface area (Å²) in [5.74, 6) is -0.232. The van der Waals surface area contributed by atoms with E-state index in [0.29, 0.717) is 4.88 Å². The van der Waals surface area contributed by atoms with Crippen LogP contribution in [0, 0.1) is 30.3 Å². The molecule has 0 aliphatic heterocycles. The Morgan fingerprint density at radius 1 is 0.947 bits per heavy atom. The number of thiophene rings is 1.